The molecule has 3 unspecified atom stereocenters. The lowest BCUT2D eigenvalue weighted by atomic mass is 9.90. The van der Waals surface area contributed by atoms with Crippen molar-refractivity contribution in [1.82, 2.24) is 10.6 Å². The summed E-state index contributed by atoms with van der Waals surface area (Å²) < 4.78 is 5.68. The Kier molecular flexibility index (Phi) is 4.28. The maximum Gasteiger partial charge on any atom is 0.237 e. The van der Waals surface area contributed by atoms with Crippen LogP contribution in [0.4, 0.5) is 0 Å². The first-order chi connectivity index (χ1) is 8.48. The first kappa shape index (κ1) is 13.8. The summed E-state index contributed by atoms with van der Waals surface area (Å²) >= 11 is 0. The Labute approximate surface area is 110 Å². The molecule has 2 saturated heterocycles. The zero-order valence-electron chi connectivity index (χ0n) is 11.8. The molecule has 2 aliphatic rings. The summed E-state index contributed by atoms with van der Waals surface area (Å²) in [6.45, 7) is 8.04. The molecule has 0 aliphatic carbocycles. The number of hydrogen-bond acceptors (Lipinski definition) is 3. The van der Waals surface area contributed by atoms with Crippen molar-refractivity contribution in [2.24, 2.45) is 5.92 Å². The first-order valence-corrected chi connectivity index (χ1v) is 7.16. The number of rotatable bonds is 2. The number of ether oxygens (including phenoxy) is 1. The van der Waals surface area contributed by atoms with Gasteiger partial charge in [-0.3, -0.25) is 4.79 Å². The van der Waals surface area contributed by atoms with Crippen molar-refractivity contribution in [3.05, 3.63) is 0 Å². The van der Waals surface area contributed by atoms with E-state index >= 15 is 0 Å². The summed E-state index contributed by atoms with van der Waals surface area (Å²) in [7, 11) is 0. The van der Waals surface area contributed by atoms with Crippen LogP contribution in [0.15, 0.2) is 0 Å². The van der Waals surface area contributed by atoms with Gasteiger partial charge in [0.25, 0.3) is 0 Å². The Morgan fingerprint density at radius 1 is 1.39 bits per heavy atom. The van der Waals surface area contributed by atoms with E-state index in [1.165, 1.54) is 6.42 Å². The average molecular weight is 254 g/mol. The van der Waals surface area contributed by atoms with Gasteiger partial charge in [0.15, 0.2) is 0 Å². The second-order valence-corrected chi connectivity index (χ2v) is 6.36. The Morgan fingerprint density at radius 3 is 2.83 bits per heavy atom. The molecule has 4 heteroatoms. The molecule has 2 aliphatic heterocycles. The van der Waals surface area contributed by atoms with Crippen molar-refractivity contribution in [1.29, 1.82) is 0 Å². The molecule has 2 heterocycles. The van der Waals surface area contributed by atoms with Crippen LogP contribution >= 0.6 is 0 Å². The molecule has 104 valence electrons. The average Bonchev–Trinajstić information content (AvgIpc) is 2.28. The Morgan fingerprint density at radius 2 is 2.17 bits per heavy atom. The minimum absolute atomic E-state index is 0.00953. The van der Waals surface area contributed by atoms with Gasteiger partial charge in [-0.15, -0.1) is 0 Å². The predicted molar refractivity (Wildman–Crippen MR) is 71.4 cm³/mol. The van der Waals surface area contributed by atoms with Gasteiger partial charge in [0.2, 0.25) is 5.91 Å². The molecule has 18 heavy (non-hydrogen) atoms. The molecule has 0 aromatic carbocycles. The minimum Gasteiger partial charge on any atom is -0.375 e. The number of carbonyl (C=O) groups is 1. The lowest BCUT2D eigenvalue weighted by molar-refractivity contribution is -0.127. The van der Waals surface area contributed by atoms with E-state index in [0.717, 1.165) is 32.4 Å². The molecule has 3 atom stereocenters. The van der Waals surface area contributed by atoms with Gasteiger partial charge < -0.3 is 15.4 Å². The highest BCUT2D eigenvalue weighted by Gasteiger charge is 2.33. The zero-order chi connectivity index (χ0) is 13.2. The van der Waals surface area contributed by atoms with E-state index in [0.29, 0.717) is 5.92 Å². The van der Waals surface area contributed by atoms with Crippen LogP contribution in [-0.4, -0.2) is 36.7 Å². The molecule has 2 rings (SSSR count). The first-order valence-electron chi connectivity index (χ1n) is 7.16. The second-order valence-electron chi connectivity index (χ2n) is 6.36. The second kappa shape index (κ2) is 5.57. The molecule has 0 radical (unpaired) electrons. The summed E-state index contributed by atoms with van der Waals surface area (Å²) in [4.78, 5) is 12.3. The maximum atomic E-state index is 12.3. The topological polar surface area (TPSA) is 50.4 Å². The van der Waals surface area contributed by atoms with E-state index in [1.54, 1.807) is 0 Å². The number of nitrogens with one attached hydrogen (secondary N) is 2. The monoisotopic (exact) mass is 254 g/mol. The van der Waals surface area contributed by atoms with Gasteiger partial charge in [0.05, 0.1) is 11.6 Å². The van der Waals surface area contributed by atoms with Crippen molar-refractivity contribution in [2.75, 3.05) is 13.2 Å². The van der Waals surface area contributed by atoms with Crippen LogP contribution in [0, 0.1) is 5.92 Å². The number of carbonyl (C=O) groups excluding carboxylic acids is 1. The van der Waals surface area contributed by atoms with E-state index in [9.17, 15) is 4.79 Å². The third-order valence-corrected chi connectivity index (χ3v) is 4.10. The third-order valence-electron chi connectivity index (χ3n) is 4.10. The van der Waals surface area contributed by atoms with Crippen LogP contribution in [-0.2, 0) is 9.53 Å². The lowest BCUT2D eigenvalue weighted by Gasteiger charge is -2.37. The van der Waals surface area contributed by atoms with Crippen molar-refractivity contribution >= 4 is 5.91 Å². The summed E-state index contributed by atoms with van der Waals surface area (Å²) in [6, 6.07) is 0.252. The van der Waals surface area contributed by atoms with Crippen LogP contribution in [0.2, 0.25) is 0 Å². The molecule has 0 spiro atoms. The van der Waals surface area contributed by atoms with Gasteiger partial charge in [-0.05, 0) is 52.0 Å². The van der Waals surface area contributed by atoms with Crippen LogP contribution in [0.3, 0.4) is 0 Å². The zero-order valence-corrected chi connectivity index (χ0v) is 11.8. The Bertz CT molecular complexity index is 304. The third kappa shape index (κ3) is 3.45. The molecule has 0 aromatic rings. The number of piperidine rings is 1. The smallest absolute Gasteiger partial charge is 0.237 e. The largest absolute Gasteiger partial charge is 0.375 e. The summed E-state index contributed by atoms with van der Waals surface area (Å²) in [5.41, 5.74) is -0.109. The molecular formula is C14H26N2O2. The highest BCUT2D eigenvalue weighted by Crippen LogP contribution is 2.24. The van der Waals surface area contributed by atoms with Gasteiger partial charge in [0.1, 0.15) is 0 Å². The molecular weight excluding hydrogens is 228 g/mol. The van der Waals surface area contributed by atoms with Gasteiger partial charge in [-0.2, -0.15) is 0 Å². The summed E-state index contributed by atoms with van der Waals surface area (Å²) in [5, 5.41) is 6.53. The highest BCUT2D eigenvalue weighted by molar-refractivity contribution is 5.82. The molecule has 2 N–H and O–H groups in total. The molecule has 1 amide bonds. The molecule has 4 nitrogen and oxygen atoms in total. The van der Waals surface area contributed by atoms with Crippen molar-refractivity contribution in [2.45, 2.75) is 64.1 Å². The summed E-state index contributed by atoms with van der Waals surface area (Å²) in [6.07, 6.45) is 4.15. The normalized spacial score (nSPS) is 36.1. The quantitative estimate of drug-likeness (QED) is 0.784. The van der Waals surface area contributed by atoms with E-state index in [1.807, 2.05) is 0 Å². The highest BCUT2D eigenvalue weighted by atomic mass is 16.5. The van der Waals surface area contributed by atoms with Crippen molar-refractivity contribution in [3.63, 3.8) is 0 Å². The van der Waals surface area contributed by atoms with E-state index in [4.69, 9.17) is 4.74 Å². The van der Waals surface area contributed by atoms with Crippen LogP contribution in [0.5, 0.6) is 0 Å². The molecule has 0 saturated carbocycles. The fraction of sp³-hybridized carbons (Fsp3) is 0.929. The SMILES string of the molecule is CC1CCCNC1C(=O)NC1CCOC(C)(C)C1. The van der Waals surface area contributed by atoms with Gasteiger partial charge in [0, 0.05) is 12.6 Å². The van der Waals surface area contributed by atoms with Crippen LogP contribution in [0.25, 0.3) is 0 Å². The van der Waals surface area contributed by atoms with Crippen molar-refractivity contribution in [3.8, 4) is 0 Å². The Balaban J connectivity index is 1.86. The van der Waals surface area contributed by atoms with Crippen LogP contribution in [0.1, 0.15) is 46.5 Å². The summed E-state index contributed by atoms with van der Waals surface area (Å²) in [5.74, 6) is 0.608. The van der Waals surface area contributed by atoms with Gasteiger partial charge in [-0.1, -0.05) is 6.92 Å². The fourth-order valence-electron chi connectivity index (χ4n) is 3.05. The molecule has 0 bridgehead atoms. The fourth-order valence-corrected chi connectivity index (χ4v) is 3.05. The van der Waals surface area contributed by atoms with E-state index in [-0.39, 0.29) is 23.6 Å². The minimum atomic E-state index is -0.109. The van der Waals surface area contributed by atoms with Gasteiger partial charge in [-0.25, -0.2) is 0 Å². The lowest BCUT2D eigenvalue weighted by Crippen LogP contribution is -2.55. The van der Waals surface area contributed by atoms with Crippen molar-refractivity contribution < 1.29 is 9.53 Å². The predicted octanol–water partition coefficient (Wildman–Crippen LogP) is 1.45. The van der Waals surface area contributed by atoms with Gasteiger partial charge >= 0.3 is 0 Å². The standard InChI is InChI=1S/C14H26N2O2/c1-10-5-4-7-15-12(10)13(17)16-11-6-8-18-14(2,3)9-11/h10-12,15H,4-9H2,1-3H3,(H,16,17). The van der Waals surface area contributed by atoms with E-state index < -0.39 is 0 Å². The maximum absolute atomic E-state index is 12.3. The molecule has 0 aromatic heterocycles. The number of amides is 1. The number of hydrogen-bond donors (Lipinski definition) is 2. The van der Waals surface area contributed by atoms with Crippen LogP contribution < -0.4 is 10.6 Å². The van der Waals surface area contributed by atoms with E-state index in [2.05, 4.69) is 31.4 Å². The Hall–Kier alpha value is -0.610. The molecule has 2 fully saturated rings.